The molecule has 0 saturated heterocycles. The second-order valence-electron chi connectivity index (χ2n) is 3.10. The van der Waals surface area contributed by atoms with Crippen LogP contribution in [0.15, 0.2) is 24.5 Å². The Labute approximate surface area is 73.3 Å². The number of hydrogen-bond acceptors (Lipinski definition) is 2. The molecule has 0 spiro atoms. The van der Waals surface area contributed by atoms with Crippen molar-refractivity contribution in [2.75, 3.05) is 0 Å². The van der Waals surface area contributed by atoms with Crippen molar-refractivity contribution < 1.29 is 5.11 Å². The van der Waals surface area contributed by atoms with Crippen molar-refractivity contribution in [2.45, 2.75) is 32.3 Å². The molecule has 0 aromatic carbocycles. The van der Waals surface area contributed by atoms with Crippen LogP contribution in [0.25, 0.3) is 0 Å². The maximum absolute atomic E-state index is 9.01. The lowest BCUT2D eigenvalue weighted by atomic mass is 10.1. The first-order valence-corrected chi connectivity index (χ1v) is 4.36. The zero-order valence-corrected chi connectivity index (χ0v) is 7.40. The minimum absolute atomic E-state index is 0.179. The number of aliphatic hydroxyl groups is 1. The maximum Gasteiger partial charge on any atom is 0.0512 e. The van der Waals surface area contributed by atoms with Crippen LogP contribution in [-0.2, 0) is 6.42 Å². The summed E-state index contributed by atoms with van der Waals surface area (Å²) in [6.45, 7) is 1.82. The highest BCUT2D eigenvalue weighted by Gasteiger charge is 1.96. The zero-order chi connectivity index (χ0) is 8.81. The van der Waals surface area contributed by atoms with Gasteiger partial charge < -0.3 is 5.11 Å². The molecular weight excluding hydrogens is 150 g/mol. The lowest BCUT2D eigenvalue weighted by Gasteiger charge is -2.02. The van der Waals surface area contributed by atoms with Crippen molar-refractivity contribution in [1.29, 1.82) is 0 Å². The van der Waals surface area contributed by atoms with Gasteiger partial charge in [-0.2, -0.15) is 0 Å². The average molecular weight is 165 g/mol. The molecule has 66 valence electrons. The fourth-order valence-electron chi connectivity index (χ4n) is 1.15. The molecule has 0 fully saturated rings. The Morgan fingerprint density at radius 3 is 3.00 bits per heavy atom. The van der Waals surface area contributed by atoms with Crippen LogP contribution in [-0.4, -0.2) is 16.2 Å². The quantitative estimate of drug-likeness (QED) is 0.737. The van der Waals surface area contributed by atoms with Gasteiger partial charge in [-0.15, -0.1) is 0 Å². The van der Waals surface area contributed by atoms with Gasteiger partial charge in [0.2, 0.25) is 0 Å². The topological polar surface area (TPSA) is 33.1 Å². The van der Waals surface area contributed by atoms with Crippen LogP contribution >= 0.6 is 0 Å². The van der Waals surface area contributed by atoms with E-state index in [2.05, 4.69) is 11.1 Å². The molecule has 2 nitrogen and oxygen atoms in total. The zero-order valence-electron chi connectivity index (χ0n) is 7.40. The first kappa shape index (κ1) is 9.20. The fraction of sp³-hybridized carbons (Fsp3) is 0.500. The number of aliphatic hydroxyl groups excluding tert-OH is 1. The van der Waals surface area contributed by atoms with Gasteiger partial charge in [0.15, 0.2) is 0 Å². The minimum atomic E-state index is -0.179. The minimum Gasteiger partial charge on any atom is -0.393 e. The highest BCUT2D eigenvalue weighted by atomic mass is 16.3. The van der Waals surface area contributed by atoms with E-state index in [0.29, 0.717) is 0 Å². The summed E-state index contributed by atoms with van der Waals surface area (Å²) in [5.74, 6) is 0. The van der Waals surface area contributed by atoms with E-state index in [0.717, 1.165) is 19.3 Å². The molecule has 0 saturated carbocycles. The Bertz CT molecular complexity index is 208. The predicted molar refractivity (Wildman–Crippen MR) is 48.9 cm³/mol. The van der Waals surface area contributed by atoms with Crippen molar-refractivity contribution in [3.05, 3.63) is 30.1 Å². The van der Waals surface area contributed by atoms with Gasteiger partial charge in [0.05, 0.1) is 6.10 Å². The van der Waals surface area contributed by atoms with E-state index in [4.69, 9.17) is 5.11 Å². The van der Waals surface area contributed by atoms with Gasteiger partial charge in [-0.1, -0.05) is 6.07 Å². The molecule has 2 heteroatoms. The van der Waals surface area contributed by atoms with Crippen molar-refractivity contribution >= 4 is 0 Å². The summed E-state index contributed by atoms with van der Waals surface area (Å²) >= 11 is 0. The fourth-order valence-corrected chi connectivity index (χ4v) is 1.15. The van der Waals surface area contributed by atoms with Gasteiger partial charge in [0, 0.05) is 12.4 Å². The van der Waals surface area contributed by atoms with Crippen molar-refractivity contribution in [3.8, 4) is 0 Å². The van der Waals surface area contributed by atoms with Crippen LogP contribution < -0.4 is 0 Å². The molecule has 1 aromatic heterocycles. The summed E-state index contributed by atoms with van der Waals surface area (Å²) in [7, 11) is 0. The smallest absolute Gasteiger partial charge is 0.0512 e. The van der Waals surface area contributed by atoms with E-state index >= 15 is 0 Å². The largest absolute Gasteiger partial charge is 0.393 e. The molecule has 1 heterocycles. The van der Waals surface area contributed by atoms with E-state index in [1.807, 2.05) is 19.2 Å². The molecule has 1 atom stereocenters. The Hall–Kier alpha value is -0.890. The molecule has 0 radical (unpaired) electrons. The normalized spacial score (nSPS) is 12.8. The SMILES string of the molecule is CC(O)CCCc1cccnc1. The van der Waals surface area contributed by atoms with Gasteiger partial charge >= 0.3 is 0 Å². The van der Waals surface area contributed by atoms with Gasteiger partial charge in [-0.25, -0.2) is 0 Å². The molecule has 0 aliphatic heterocycles. The molecule has 0 aliphatic carbocycles. The molecule has 0 aliphatic rings. The van der Waals surface area contributed by atoms with Crippen LogP contribution in [0.3, 0.4) is 0 Å². The van der Waals surface area contributed by atoms with E-state index in [1.165, 1.54) is 5.56 Å². The van der Waals surface area contributed by atoms with E-state index in [1.54, 1.807) is 6.20 Å². The summed E-state index contributed by atoms with van der Waals surface area (Å²) in [5, 5.41) is 9.01. The van der Waals surface area contributed by atoms with E-state index < -0.39 is 0 Å². The van der Waals surface area contributed by atoms with Gasteiger partial charge in [-0.05, 0) is 37.8 Å². The van der Waals surface area contributed by atoms with Gasteiger partial charge in [0.25, 0.3) is 0 Å². The van der Waals surface area contributed by atoms with Crippen molar-refractivity contribution in [3.63, 3.8) is 0 Å². The van der Waals surface area contributed by atoms with Crippen LogP contribution in [0.1, 0.15) is 25.3 Å². The number of rotatable bonds is 4. The van der Waals surface area contributed by atoms with Gasteiger partial charge in [-0.3, -0.25) is 4.98 Å². The summed E-state index contributed by atoms with van der Waals surface area (Å²) in [6.07, 6.45) is 6.39. The number of nitrogens with zero attached hydrogens (tertiary/aromatic N) is 1. The lowest BCUT2D eigenvalue weighted by Crippen LogP contribution is -1.99. The standard InChI is InChI=1S/C10H15NO/c1-9(12)4-2-5-10-6-3-7-11-8-10/h3,6-9,12H,2,4-5H2,1H3. The Kier molecular flexibility index (Phi) is 3.74. The molecule has 1 unspecified atom stereocenters. The molecule has 0 amide bonds. The van der Waals surface area contributed by atoms with Crippen molar-refractivity contribution in [1.82, 2.24) is 4.98 Å². The van der Waals surface area contributed by atoms with E-state index in [9.17, 15) is 0 Å². The first-order valence-electron chi connectivity index (χ1n) is 4.36. The van der Waals surface area contributed by atoms with E-state index in [-0.39, 0.29) is 6.10 Å². The highest BCUT2D eigenvalue weighted by Crippen LogP contribution is 2.04. The molecule has 1 aromatic rings. The number of aromatic nitrogens is 1. The predicted octanol–water partition coefficient (Wildman–Crippen LogP) is 1.79. The molecule has 1 rings (SSSR count). The lowest BCUT2D eigenvalue weighted by molar-refractivity contribution is 0.181. The Morgan fingerprint density at radius 2 is 2.42 bits per heavy atom. The number of hydrogen-bond donors (Lipinski definition) is 1. The van der Waals surface area contributed by atoms with Crippen LogP contribution in [0.5, 0.6) is 0 Å². The number of aryl methyl sites for hydroxylation is 1. The number of pyridine rings is 1. The highest BCUT2D eigenvalue weighted by molar-refractivity contribution is 5.08. The van der Waals surface area contributed by atoms with Crippen LogP contribution in [0.2, 0.25) is 0 Å². The maximum atomic E-state index is 9.01. The summed E-state index contributed by atoms with van der Waals surface area (Å²) in [4.78, 5) is 4.02. The molecule has 0 bridgehead atoms. The van der Waals surface area contributed by atoms with Gasteiger partial charge in [0.1, 0.15) is 0 Å². The van der Waals surface area contributed by atoms with Crippen LogP contribution in [0.4, 0.5) is 0 Å². The average Bonchev–Trinajstić information content (AvgIpc) is 2.05. The molecular formula is C10H15NO. The third kappa shape index (κ3) is 3.49. The molecule has 12 heavy (non-hydrogen) atoms. The van der Waals surface area contributed by atoms with Crippen LogP contribution in [0, 0.1) is 0 Å². The Balaban J connectivity index is 2.25. The third-order valence-corrected chi connectivity index (χ3v) is 1.81. The monoisotopic (exact) mass is 165 g/mol. The Morgan fingerprint density at radius 1 is 1.58 bits per heavy atom. The second kappa shape index (κ2) is 4.88. The summed E-state index contributed by atoms with van der Waals surface area (Å²) in [6, 6.07) is 4.01. The van der Waals surface area contributed by atoms with Crippen molar-refractivity contribution in [2.24, 2.45) is 0 Å². The third-order valence-electron chi connectivity index (χ3n) is 1.81. The second-order valence-corrected chi connectivity index (χ2v) is 3.10. The summed E-state index contributed by atoms with van der Waals surface area (Å²) in [5.41, 5.74) is 1.25. The molecule has 1 N–H and O–H groups in total. The summed E-state index contributed by atoms with van der Waals surface area (Å²) < 4.78 is 0. The first-order chi connectivity index (χ1) is 5.79.